The van der Waals surface area contributed by atoms with Gasteiger partial charge in [-0.2, -0.15) is 0 Å². The van der Waals surface area contributed by atoms with Crippen molar-refractivity contribution in [3.8, 4) is 11.1 Å². The van der Waals surface area contributed by atoms with Gasteiger partial charge in [0.25, 0.3) is 0 Å². The normalized spacial score (nSPS) is 20.4. The van der Waals surface area contributed by atoms with Crippen LogP contribution in [0.15, 0.2) is 55.1 Å². The minimum Gasteiger partial charge on any atom is -0.383 e. The molecule has 1 aliphatic carbocycles. The number of rotatable bonds is 5. The molecule has 5 aromatic rings. The van der Waals surface area contributed by atoms with Gasteiger partial charge in [-0.25, -0.2) is 19.9 Å². The summed E-state index contributed by atoms with van der Waals surface area (Å²) in [5.41, 5.74) is 12.2. The van der Waals surface area contributed by atoms with Crippen LogP contribution in [0.3, 0.4) is 0 Å². The number of aromatic nitrogens is 5. The minimum absolute atomic E-state index is 0.406. The highest BCUT2D eigenvalue weighted by atomic mass is 35.5. The number of hydrogen-bond acceptors (Lipinski definition) is 8. The highest BCUT2D eigenvalue weighted by molar-refractivity contribution is 6.32. The van der Waals surface area contributed by atoms with E-state index in [0.717, 1.165) is 57.2 Å². The predicted octanol–water partition coefficient (Wildman–Crippen LogP) is 6.06. The van der Waals surface area contributed by atoms with Crippen LogP contribution in [0.5, 0.6) is 0 Å². The monoisotopic (exact) mass is 581 g/mol. The maximum absolute atomic E-state index is 6.45. The number of piperazine rings is 1. The molecule has 216 valence electrons. The van der Waals surface area contributed by atoms with Crippen LogP contribution in [0.2, 0.25) is 5.02 Å². The molecule has 0 atom stereocenters. The first-order valence-corrected chi connectivity index (χ1v) is 15.1. The number of aryl methyl sites for hydroxylation is 1. The van der Waals surface area contributed by atoms with Crippen molar-refractivity contribution in [3.05, 3.63) is 65.7 Å². The van der Waals surface area contributed by atoms with Gasteiger partial charge in [0.1, 0.15) is 17.8 Å². The molecule has 2 fully saturated rings. The maximum atomic E-state index is 6.45. The Balaban J connectivity index is 1.12. The van der Waals surface area contributed by atoms with Gasteiger partial charge in [0.05, 0.1) is 10.9 Å². The smallest absolute Gasteiger partial charge is 0.227 e. The topological polar surface area (TPSA) is 101 Å². The first kappa shape index (κ1) is 27.1. The number of halogens is 1. The number of nitrogens with one attached hydrogen (secondary N) is 1. The lowest BCUT2D eigenvalue weighted by molar-refractivity contribution is 0.0828. The summed E-state index contributed by atoms with van der Waals surface area (Å²) in [7, 11) is 2.22. The second-order valence-electron chi connectivity index (χ2n) is 11.8. The summed E-state index contributed by atoms with van der Waals surface area (Å²) < 4.78 is 2.35. The van der Waals surface area contributed by atoms with E-state index in [1.54, 1.807) is 12.5 Å². The number of nitrogens with two attached hydrogens (primary N) is 1. The van der Waals surface area contributed by atoms with Gasteiger partial charge in [0.2, 0.25) is 5.95 Å². The predicted molar refractivity (Wildman–Crippen MR) is 170 cm³/mol. The molecule has 0 bridgehead atoms. The largest absolute Gasteiger partial charge is 0.383 e. The van der Waals surface area contributed by atoms with Crippen molar-refractivity contribution in [1.82, 2.24) is 34.3 Å². The Morgan fingerprint density at radius 3 is 2.43 bits per heavy atom. The molecule has 0 radical (unpaired) electrons. The number of likely N-dealkylation sites (N-methyl/N-ethyl adjacent to an activating group) is 1. The van der Waals surface area contributed by atoms with Gasteiger partial charge in [-0.1, -0.05) is 23.7 Å². The summed E-state index contributed by atoms with van der Waals surface area (Å²) in [5, 5.41) is 5.88. The van der Waals surface area contributed by atoms with Crippen molar-refractivity contribution in [2.45, 2.75) is 44.7 Å². The van der Waals surface area contributed by atoms with Crippen molar-refractivity contribution in [1.29, 1.82) is 0 Å². The molecule has 4 heterocycles. The number of benzene rings is 2. The minimum atomic E-state index is 0.406. The zero-order chi connectivity index (χ0) is 28.8. The summed E-state index contributed by atoms with van der Waals surface area (Å²) >= 11 is 6.26. The third-order valence-corrected chi connectivity index (χ3v) is 9.47. The van der Waals surface area contributed by atoms with E-state index in [1.165, 1.54) is 39.0 Å². The fourth-order valence-corrected chi connectivity index (χ4v) is 6.74. The van der Waals surface area contributed by atoms with E-state index in [0.29, 0.717) is 28.9 Å². The average Bonchev–Trinajstić information content (AvgIpc) is 3.40. The molecule has 42 heavy (non-hydrogen) atoms. The molecule has 9 nitrogen and oxygen atoms in total. The lowest BCUT2D eigenvalue weighted by Gasteiger charge is -2.41. The molecular formula is C32H36ClN9. The zero-order valence-corrected chi connectivity index (χ0v) is 24.8. The van der Waals surface area contributed by atoms with E-state index in [1.807, 2.05) is 31.2 Å². The Bertz CT molecular complexity index is 1730. The second kappa shape index (κ2) is 11.1. The SMILES string of the molecule is Cc1cc2nc(Nc3ccc(-c4cn([C@H]5CC[C@@H](N6CCN(C)CC6)CC5)c5ncnc(N)c45)cc3)ncc2cc1Cl. The molecular weight excluding hydrogens is 546 g/mol. The Morgan fingerprint density at radius 2 is 1.67 bits per heavy atom. The molecule has 3 N–H and O–H groups in total. The molecule has 2 aromatic carbocycles. The van der Waals surface area contributed by atoms with E-state index in [-0.39, 0.29) is 0 Å². The van der Waals surface area contributed by atoms with E-state index >= 15 is 0 Å². The molecule has 1 saturated carbocycles. The maximum Gasteiger partial charge on any atom is 0.227 e. The summed E-state index contributed by atoms with van der Waals surface area (Å²) in [6, 6.07) is 13.3. The van der Waals surface area contributed by atoms with Gasteiger partial charge >= 0.3 is 0 Å². The van der Waals surface area contributed by atoms with E-state index in [2.05, 4.69) is 60.0 Å². The van der Waals surface area contributed by atoms with Gasteiger partial charge in [0.15, 0.2) is 0 Å². The zero-order valence-electron chi connectivity index (χ0n) is 24.1. The van der Waals surface area contributed by atoms with Crippen molar-refractivity contribution < 1.29 is 0 Å². The summed E-state index contributed by atoms with van der Waals surface area (Å²) in [4.78, 5) is 23.3. The fraction of sp³-hybridized carbons (Fsp3) is 0.375. The quantitative estimate of drug-likeness (QED) is 0.258. The molecule has 0 spiro atoms. The molecule has 1 aliphatic heterocycles. The first-order valence-electron chi connectivity index (χ1n) is 14.8. The van der Waals surface area contributed by atoms with Crippen molar-refractivity contribution >= 4 is 51.0 Å². The van der Waals surface area contributed by atoms with Crippen LogP contribution in [0.1, 0.15) is 37.3 Å². The molecule has 1 saturated heterocycles. The van der Waals surface area contributed by atoms with E-state index in [9.17, 15) is 0 Å². The number of fused-ring (bicyclic) bond motifs is 2. The Labute approximate surface area is 250 Å². The summed E-state index contributed by atoms with van der Waals surface area (Å²) in [6.07, 6.45) is 10.3. The third kappa shape index (κ3) is 5.17. The van der Waals surface area contributed by atoms with Gasteiger partial charge in [-0.15, -0.1) is 0 Å². The third-order valence-electron chi connectivity index (χ3n) is 9.06. The van der Waals surface area contributed by atoms with Gasteiger partial charge in [-0.3, -0.25) is 4.90 Å². The van der Waals surface area contributed by atoms with Crippen molar-refractivity contribution in [2.75, 3.05) is 44.3 Å². The van der Waals surface area contributed by atoms with Crippen LogP contribution >= 0.6 is 11.6 Å². The van der Waals surface area contributed by atoms with Crippen LogP contribution in [-0.2, 0) is 0 Å². The van der Waals surface area contributed by atoms with Crippen LogP contribution < -0.4 is 11.1 Å². The van der Waals surface area contributed by atoms with Gasteiger partial charge < -0.3 is 20.5 Å². The van der Waals surface area contributed by atoms with E-state index < -0.39 is 0 Å². The fourth-order valence-electron chi connectivity index (χ4n) is 6.57. The van der Waals surface area contributed by atoms with Gasteiger partial charge in [-0.05, 0) is 75.0 Å². The first-order chi connectivity index (χ1) is 20.4. The van der Waals surface area contributed by atoms with Gasteiger partial charge in [0, 0.05) is 72.3 Å². The Morgan fingerprint density at radius 1 is 0.929 bits per heavy atom. The van der Waals surface area contributed by atoms with Crippen LogP contribution in [0, 0.1) is 6.92 Å². The summed E-state index contributed by atoms with van der Waals surface area (Å²) in [6.45, 7) is 6.67. The number of hydrogen-bond donors (Lipinski definition) is 2. The van der Waals surface area contributed by atoms with E-state index in [4.69, 9.17) is 22.3 Å². The summed E-state index contributed by atoms with van der Waals surface area (Å²) in [5.74, 6) is 1.06. The molecule has 10 heteroatoms. The van der Waals surface area contributed by atoms with Crippen LogP contribution in [0.25, 0.3) is 33.1 Å². The Hall–Kier alpha value is -3.79. The molecule has 0 unspecified atom stereocenters. The average molecular weight is 582 g/mol. The highest BCUT2D eigenvalue weighted by Crippen LogP contribution is 2.39. The van der Waals surface area contributed by atoms with Crippen LogP contribution in [-0.4, -0.2) is 73.6 Å². The lowest BCUT2D eigenvalue weighted by atomic mass is 9.89. The standard InChI is InChI=1S/C32H36ClN9/c1-20-15-28-22(16-27(20)33)17-35-32(39-28)38-23-5-3-21(4-6-23)26-18-42(31-29(26)30(34)36-19-37-31)25-9-7-24(8-10-25)41-13-11-40(2)12-14-41/h3-6,15-19,24-25H,7-14H2,1-2H3,(H2,34,36,37)(H,35,38,39)/t24-,25+. The second-order valence-corrected chi connectivity index (χ2v) is 12.2. The number of nitrogens with zero attached hydrogens (tertiary/aromatic N) is 7. The van der Waals surface area contributed by atoms with Crippen LogP contribution in [0.4, 0.5) is 17.5 Å². The van der Waals surface area contributed by atoms with Crippen molar-refractivity contribution in [2.24, 2.45) is 0 Å². The highest BCUT2D eigenvalue weighted by Gasteiger charge is 2.30. The number of nitrogen functional groups attached to an aromatic ring is 1. The molecule has 0 amide bonds. The Kier molecular flexibility index (Phi) is 7.17. The molecule has 7 rings (SSSR count). The lowest BCUT2D eigenvalue weighted by Crippen LogP contribution is -2.49. The molecule has 3 aromatic heterocycles. The molecule has 2 aliphatic rings. The van der Waals surface area contributed by atoms with Crippen molar-refractivity contribution in [3.63, 3.8) is 0 Å². The number of anilines is 3.